The van der Waals surface area contributed by atoms with Crippen LogP contribution in [-0.4, -0.2) is 52.3 Å². The summed E-state index contributed by atoms with van der Waals surface area (Å²) < 4.78 is 0. The summed E-state index contributed by atoms with van der Waals surface area (Å²) in [6.07, 6.45) is 7.28. The molecule has 2 atom stereocenters. The first-order valence-electron chi connectivity index (χ1n) is 13.2. The molecule has 3 fully saturated rings. The molecule has 5 rings (SSSR count). The Kier molecular flexibility index (Phi) is 7.85. The number of amides is 2. The van der Waals surface area contributed by atoms with Crippen molar-refractivity contribution in [3.8, 4) is 0 Å². The van der Waals surface area contributed by atoms with Crippen LogP contribution >= 0.6 is 11.3 Å². The van der Waals surface area contributed by atoms with Crippen molar-refractivity contribution < 1.29 is 9.59 Å². The van der Waals surface area contributed by atoms with E-state index in [0.29, 0.717) is 13.0 Å². The van der Waals surface area contributed by atoms with Crippen molar-refractivity contribution >= 4 is 23.2 Å². The van der Waals surface area contributed by atoms with Crippen LogP contribution in [0.5, 0.6) is 0 Å². The van der Waals surface area contributed by atoms with Gasteiger partial charge in [-0.3, -0.25) is 14.5 Å². The SMILES string of the molecule is NC1CCC(NC(=O)[C@H]2CC(N(Cc3ccccc3)Cc3cccs3)CCN2C(=O)C2CC2)CC1. The average molecular weight is 495 g/mol. The Bertz CT molecular complexity index is 970. The number of nitrogens with two attached hydrogens (primary N) is 1. The summed E-state index contributed by atoms with van der Waals surface area (Å²) in [5.41, 5.74) is 7.35. The van der Waals surface area contributed by atoms with E-state index >= 15 is 0 Å². The van der Waals surface area contributed by atoms with E-state index in [2.05, 4.69) is 52.0 Å². The van der Waals surface area contributed by atoms with Crippen molar-refractivity contribution in [3.63, 3.8) is 0 Å². The third-order valence-electron chi connectivity index (χ3n) is 7.89. The molecule has 1 aromatic carbocycles. The van der Waals surface area contributed by atoms with Crippen LogP contribution in [-0.2, 0) is 22.7 Å². The lowest BCUT2D eigenvalue weighted by Crippen LogP contribution is -2.58. The molecule has 0 spiro atoms. The fourth-order valence-corrected chi connectivity index (χ4v) is 6.38. The molecule has 2 amide bonds. The molecule has 2 saturated carbocycles. The minimum Gasteiger partial charge on any atom is -0.352 e. The van der Waals surface area contributed by atoms with Crippen LogP contribution in [0.25, 0.3) is 0 Å². The van der Waals surface area contributed by atoms with Crippen LogP contribution in [0.3, 0.4) is 0 Å². The summed E-state index contributed by atoms with van der Waals surface area (Å²) >= 11 is 1.78. The van der Waals surface area contributed by atoms with Crippen molar-refractivity contribution in [3.05, 3.63) is 58.3 Å². The molecule has 1 saturated heterocycles. The zero-order valence-corrected chi connectivity index (χ0v) is 21.3. The number of thiophene rings is 1. The molecule has 1 unspecified atom stereocenters. The molecule has 1 aromatic heterocycles. The Hall–Kier alpha value is -2.22. The highest BCUT2D eigenvalue weighted by Gasteiger charge is 2.43. The van der Waals surface area contributed by atoms with Gasteiger partial charge < -0.3 is 16.0 Å². The first kappa shape index (κ1) is 24.5. The first-order valence-corrected chi connectivity index (χ1v) is 14.1. The second-order valence-corrected chi connectivity index (χ2v) is 11.6. The lowest BCUT2D eigenvalue weighted by Gasteiger charge is -2.43. The van der Waals surface area contributed by atoms with E-state index in [9.17, 15) is 9.59 Å². The van der Waals surface area contributed by atoms with Gasteiger partial charge in [-0.2, -0.15) is 0 Å². The van der Waals surface area contributed by atoms with Crippen molar-refractivity contribution in [2.45, 2.75) is 88.6 Å². The van der Waals surface area contributed by atoms with Gasteiger partial charge >= 0.3 is 0 Å². The van der Waals surface area contributed by atoms with Crippen LogP contribution in [0.4, 0.5) is 0 Å². The molecule has 188 valence electrons. The number of hydrogen-bond donors (Lipinski definition) is 2. The normalized spacial score (nSPS) is 27.1. The Balaban J connectivity index is 1.33. The molecule has 7 heteroatoms. The molecule has 2 aliphatic carbocycles. The Morgan fingerprint density at radius 1 is 0.971 bits per heavy atom. The fraction of sp³-hybridized carbons (Fsp3) is 0.571. The monoisotopic (exact) mass is 494 g/mol. The average Bonchev–Trinajstić information content (AvgIpc) is 3.61. The van der Waals surface area contributed by atoms with E-state index < -0.39 is 0 Å². The van der Waals surface area contributed by atoms with Crippen molar-refractivity contribution in [1.29, 1.82) is 0 Å². The smallest absolute Gasteiger partial charge is 0.243 e. The molecule has 3 aliphatic rings. The van der Waals surface area contributed by atoms with E-state index in [1.165, 1.54) is 10.4 Å². The number of nitrogens with zero attached hydrogens (tertiary/aromatic N) is 2. The molecule has 2 heterocycles. The highest BCUT2D eigenvalue weighted by atomic mass is 32.1. The largest absolute Gasteiger partial charge is 0.352 e. The van der Waals surface area contributed by atoms with Crippen LogP contribution in [0, 0.1) is 5.92 Å². The molecule has 6 nitrogen and oxygen atoms in total. The van der Waals surface area contributed by atoms with Crippen molar-refractivity contribution in [2.75, 3.05) is 6.54 Å². The minimum absolute atomic E-state index is 0.0277. The van der Waals surface area contributed by atoms with E-state index in [-0.39, 0.29) is 41.9 Å². The van der Waals surface area contributed by atoms with Crippen molar-refractivity contribution in [1.82, 2.24) is 15.1 Å². The maximum Gasteiger partial charge on any atom is 0.243 e. The fourth-order valence-electron chi connectivity index (χ4n) is 5.65. The minimum atomic E-state index is -0.390. The van der Waals surface area contributed by atoms with E-state index in [1.54, 1.807) is 11.3 Å². The third-order valence-corrected chi connectivity index (χ3v) is 8.75. The van der Waals surface area contributed by atoms with Crippen LogP contribution in [0.2, 0.25) is 0 Å². The molecular formula is C28H38N4O2S. The number of nitrogens with one attached hydrogen (secondary N) is 1. The van der Waals surface area contributed by atoms with Gasteiger partial charge in [-0.15, -0.1) is 11.3 Å². The number of likely N-dealkylation sites (tertiary alicyclic amines) is 1. The van der Waals surface area contributed by atoms with Gasteiger partial charge in [0.25, 0.3) is 0 Å². The number of hydrogen-bond acceptors (Lipinski definition) is 5. The van der Waals surface area contributed by atoms with Crippen LogP contribution in [0.15, 0.2) is 47.8 Å². The maximum atomic E-state index is 13.6. The molecule has 0 bridgehead atoms. The number of carbonyl (C=O) groups excluding carboxylic acids is 2. The highest BCUT2D eigenvalue weighted by molar-refractivity contribution is 7.09. The predicted molar refractivity (Wildman–Crippen MR) is 140 cm³/mol. The van der Waals surface area contributed by atoms with Gasteiger partial charge in [0.1, 0.15) is 6.04 Å². The molecule has 1 aliphatic heterocycles. The third kappa shape index (κ3) is 6.32. The summed E-state index contributed by atoms with van der Waals surface area (Å²) in [5, 5.41) is 5.43. The Morgan fingerprint density at radius 2 is 1.74 bits per heavy atom. The summed E-state index contributed by atoms with van der Waals surface area (Å²) in [6.45, 7) is 2.36. The molecule has 2 aromatic rings. The van der Waals surface area contributed by atoms with E-state index in [0.717, 1.165) is 58.0 Å². The van der Waals surface area contributed by atoms with Gasteiger partial charge in [0.15, 0.2) is 0 Å². The highest BCUT2D eigenvalue weighted by Crippen LogP contribution is 2.35. The van der Waals surface area contributed by atoms with Crippen LogP contribution < -0.4 is 11.1 Å². The number of piperidine rings is 1. The van der Waals surface area contributed by atoms with E-state index in [4.69, 9.17) is 5.73 Å². The summed E-state index contributed by atoms with van der Waals surface area (Å²) in [7, 11) is 0. The zero-order valence-electron chi connectivity index (χ0n) is 20.5. The first-order chi connectivity index (χ1) is 17.1. The van der Waals surface area contributed by atoms with Gasteiger partial charge in [0.2, 0.25) is 11.8 Å². The number of carbonyl (C=O) groups is 2. The van der Waals surface area contributed by atoms with Gasteiger partial charge in [-0.05, 0) is 68.4 Å². The Morgan fingerprint density at radius 3 is 2.43 bits per heavy atom. The number of benzene rings is 1. The second-order valence-electron chi connectivity index (χ2n) is 10.6. The summed E-state index contributed by atoms with van der Waals surface area (Å²) in [4.78, 5) is 32.5. The standard InChI is InChI=1S/C28H38N4O2S/c29-22-10-12-23(13-11-22)30-27(33)26-17-24(14-15-32(26)28(34)21-8-9-21)31(19-25-7-4-16-35-25)18-20-5-2-1-3-6-20/h1-7,16,21-24,26H,8-15,17-19,29H2,(H,30,33)/t22?,23?,24?,26-/m1/s1. The topological polar surface area (TPSA) is 78.7 Å². The quantitative estimate of drug-likeness (QED) is 0.583. The van der Waals surface area contributed by atoms with Crippen molar-refractivity contribution in [2.24, 2.45) is 11.7 Å². The van der Waals surface area contributed by atoms with Gasteiger partial charge in [0, 0.05) is 48.6 Å². The summed E-state index contributed by atoms with van der Waals surface area (Å²) in [5.74, 6) is 0.336. The summed E-state index contributed by atoms with van der Waals surface area (Å²) in [6, 6.07) is 15.1. The molecule has 0 radical (unpaired) electrons. The molecular weight excluding hydrogens is 456 g/mol. The van der Waals surface area contributed by atoms with E-state index in [1.807, 2.05) is 11.0 Å². The maximum absolute atomic E-state index is 13.6. The van der Waals surface area contributed by atoms with Gasteiger partial charge in [-0.1, -0.05) is 36.4 Å². The van der Waals surface area contributed by atoms with Gasteiger partial charge in [0.05, 0.1) is 0 Å². The van der Waals surface area contributed by atoms with Gasteiger partial charge in [-0.25, -0.2) is 0 Å². The molecule has 35 heavy (non-hydrogen) atoms. The van der Waals surface area contributed by atoms with Crippen LogP contribution in [0.1, 0.15) is 61.8 Å². The Labute approximate surface area is 212 Å². The second kappa shape index (κ2) is 11.2. The predicted octanol–water partition coefficient (Wildman–Crippen LogP) is 3.91. The molecule has 3 N–H and O–H groups in total. The lowest BCUT2D eigenvalue weighted by atomic mass is 9.90. The number of rotatable bonds is 8. The zero-order chi connectivity index (χ0) is 24.2. The lowest BCUT2D eigenvalue weighted by molar-refractivity contribution is -0.145.